The van der Waals surface area contributed by atoms with Gasteiger partial charge in [0.1, 0.15) is 11.9 Å². The van der Waals surface area contributed by atoms with Gasteiger partial charge in [0.15, 0.2) is 11.5 Å². The molecule has 1 saturated carbocycles. The minimum absolute atomic E-state index is 0.0358. The summed E-state index contributed by atoms with van der Waals surface area (Å²) in [6, 6.07) is 5.98. The van der Waals surface area contributed by atoms with Crippen LogP contribution >= 0.6 is 0 Å². The Morgan fingerprint density at radius 1 is 1.32 bits per heavy atom. The molecule has 3 nitrogen and oxygen atoms in total. The second-order valence-electron chi connectivity index (χ2n) is 5.34. The molecule has 1 aromatic carbocycles. The number of ether oxygens (including phenoxy) is 2. The first-order valence-electron chi connectivity index (χ1n) is 6.92. The van der Waals surface area contributed by atoms with Crippen molar-refractivity contribution >= 4 is 5.78 Å². The number of carbonyl (C=O) groups is 1. The predicted molar refractivity (Wildman–Crippen MR) is 74.8 cm³/mol. The number of Topliss-reactive ketones (excluding diaryl/α,β-unsaturated/α-hetero) is 1. The van der Waals surface area contributed by atoms with Crippen LogP contribution in [0.25, 0.3) is 0 Å². The van der Waals surface area contributed by atoms with Crippen molar-refractivity contribution in [2.24, 2.45) is 5.41 Å². The lowest BCUT2D eigenvalue weighted by molar-refractivity contribution is -0.150. The van der Waals surface area contributed by atoms with Gasteiger partial charge in [0.2, 0.25) is 0 Å². The highest BCUT2D eigenvalue weighted by molar-refractivity contribution is 5.92. The Kier molecular flexibility index (Phi) is 3.83. The Morgan fingerprint density at radius 2 is 2.05 bits per heavy atom. The number of benzene rings is 1. The largest absolute Gasteiger partial charge is 0.493 e. The Bertz CT molecular complexity index is 481. The topological polar surface area (TPSA) is 35.5 Å². The summed E-state index contributed by atoms with van der Waals surface area (Å²) in [5, 5.41) is 0. The lowest BCUT2D eigenvalue weighted by atomic mass is 9.64. The number of hydrogen-bond acceptors (Lipinski definition) is 3. The molecule has 0 saturated heterocycles. The molecule has 0 heterocycles. The molecule has 104 valence electrons. The van der Waals surface area contributed by atoms with Crippen LogP contribution < -0.4 is 9.47 Å². The number of methoxy groups -OCH3 is 1. The van der Waals surface area contributed by atoms with Crippen LogP contribution in [-0.2, 0) is 11.2 Å². The molecule has 1 aliphatic carbocycles. The third-order valence-electron chi connectivity index (χ3n) is 4.36. The van der Waals surface area contributed by atoms with Gasteiger partial charge in [-0.1, -0.05) is 19.9 Å². The molecule has 0 bridgehead atoms. The van der Waals surface area contributed by atoms with Crippen LogP contribution in [0, 0.1) is 5.41 Å². The van der Waals surface area contributed by atoms with Crippen molar-refractivity contribution in [3.63, 3.8) is 0 Å². The predicted octanol–water partition coefficient (Wildman–Crippen LogP) is 3.39. The summed E-state index contributed by atoms with van der Waals surface area (Å²) in [5.74, 6) is 1.78. The second kappa shape index (κ2) is 5.24. The van der Waals surface area contributed by atoms with Crippen molar-refractivity contribution < 1.29 is 14.3 Å². The fraction of sp³-hybridized carbons (Fsp3) is 0.562. The van der Waals surface area contributed by atoms with Gasteiger partial charge < -0.3 is 9.47 Å². The molecule has 2 unspecified atom stereocenters. The van der Waals surface area contributed by atoms with Crippen molar-refractivity contribution in [1.29, 1.82) is 0 Å². The molecule has 0 amide bonds. The van der Waals surface area contributed by atoms with Crippen molar-refractivity contribution in [3.8, 4) is 11.5 Å². The van der Waals surface area contributed by atoms with Crippen molar-refractivity contribution in [2.75, 3.05) is 7.11 Å². The van der Waals surface area contributed by atoms with E-state index in [1.54, 1.807) is 7.11 Å². The van der Waals surface area contributed by atoms with E-state index in [9.17, 15) is 4.79 Å². The highest BCUT2D eigenvalue weighted by Crippen LogP contribution is 2.44. The lowest BCUT2D eigenvalue weighted by Crippen LogP contribution is -2.54. The first-order chi connectivity index (χ1) is 9.05. The summed E-state index contributed by atoms with van der Waals surface area (Å²) in [7, 11) is 1.65. The zero-order valence-corrected chi connectivity index (χ0v) is 12.2. The molecule has 0 spiro atoms. The first-order valence-corrected chi connectivity index (χ1v) is 6.92. The van der Waals surface area contributed by atoms with Gasteiger partial charge in [-0.15, -0.1) is 0 Å². The quantitative estimate of drug-likeness (QED) is 0.816. The highest BCUT2D eigenvalue weighted by Gasteiger charge is 2.51. The number of ketones is 1. The number of aryl methyl sites for hydroxylation is 1. The Morgan fingerprint density at radius 3 is 2.58 bits per heavy atom. The van der Waals surface area contributed by atoms with Gasteiger partial charge in [-0.25, -0.2) is 0 Å². The average Bonchev–Trinajstić information content (AvgIpc) is 2.46. The summed E-state index contributed by atoms with van der Waals surface area (Å²) < 4.78 is 11.4. The summed E-state index contributed by atoms with van der Waals surface area (Å²) in [6.45, 7) is 6.12. The number of rotatable bonds is 5. The molecule has 2 atom stereocenters. The molecular weight excluding hydrogens is 240 g/mol. The molecule has 1 fully saturated rings. The minimum atomic E-state index is -0.339. The molecule has 0 aliphatic heterocycles. The SMILES string of the molecule is CCc1ccc(OC2CC(=O)C2(C)CC)c(OC)c1. The van der Waals surface area contributed by atoms with Gasteiger partial charge in [0.25, 0.3) is 0 Å². The summed E-state index contributed by atoms with van der Waals surface area (Å²) in [4.78, 5) is 11.7. The molecule has 0 aromatic heterocycles. The summed E-state index contributed by atoms with van der Waals surface area (Å²) in [6.07, 6.45) is 2.24. The standard InChI is InChI=1S/C16H22O3/c1-5-11-7-8-12(13(9-11)18-4)19-15-10-14(17)16(15,3)6-2/h7-9,15H,5-6,10H2,1-4H3. The van der Waals surface area contributed by atoms with Crippen LogP contribution in [0.15, 0.2) is 18.2 Å². The van der Waals surface area contributed by atoms with E-state index >= 15 is 0 Å². The maximum absolute atomic E-state index is 11.7. The fourth-order valence-corrected chi connectivity index (χ4v) is 2.45. The van der Waals surface area contributed by atoms with Crippen LogP contribution in [0.1, 0.15) is 39.2 Å². The molecule has 1 aromatic rings. The third kappa shape index (κ3) is 2.34. The Labute approximate surface area is 114 Å². The first kappa shape index (κ1) is 13.9. The molecule has 0 radical (unpaired) electrons. The number of hydrogen-bond donors (Lipinski definition) is 0. The molecule has 2 rings (SSSR count). The van der Waals surface area contributed by atoms with E-state index in [4.69, 9.17) is 9.47 Å². The number of carbonyl (C=O) groups excluding carboxylic acids is 1. The fourth-order valence-electron chi connectivity index (χ4n) is 2.45. The lowest BCUT2D eigenvalue weighted by Gasteiger charge is -2.44. The van der Waals surface area contributed by atoms with Crippen LogP contribution in [0.2, 0.25) is 0 Å². The highest BCUT2D eigenvalue weighted by atomic mass is 16.5. The Balaban J connectivity index is 2.18. The molecular formula is C16H22O3. The maximum Gasteiger partial charge on any atom is 0.161 e. The maximum atomic E-state index is 11.7. The molecule has 19 heavy (non-hydrogen) atoms. The van der Waals surface area contributed by atoms with Crippen molar-refractivity contribution in [3.05, 3.63) is 23.8 Å². The van der Waals surface area contributed by atoms with E-state index in [0.29, 0.717) is 12.2 Å². The summed E-state index contributed by atoms with van der Waals surface area (Å²) >= 11 is 0. The van der Waals surface area contributed by atoms with Gasteiger partial charge in [0.05, 0.1) is 12.5 Å². The molecule has 1 aliphatic rings. The van der Waals surface area contributed by atoms with Crippen LogP contribution in [-0.4, -0.2) is 19.0 Å². The minimum Gasteiger partial charge on any atom is -0.493 e. The van der Waals surface area contributed by atoms with E-state index in [1.165, 1.54) is 5.56 Å². The van der Waals surface area contributed by atoms with E-state index in [0.717, 1.165) is 24.3 Å². The average molecular weight is 262 g/mol. The smallest absolute Gasteiger partial charge is 0.161 e. The van der Waals surface area contributed by atoms with E-state index in [-0.39, 0.29) is 11.5 Å². The Hall–Kier alpha value is -1.51. The van der Waals surface area contributed by atoms with Gasteiger partial charge in [-0.05, 0) is 37.5 Å². The van der Waals surface area contributed by atoms with Crippen LogP contribution in [0.3, 0.4) is 0 Å². The normalized spacial score (nSPS) is 25.9. The second-order valence-corrected chi connectivity index (χ2v) is 5.34. The van der Waals surface area contributed by atoms with Crippen molar-refractivity contribution in [2.45, 2.75) is 46.1 Å². The zero-order chi connectivity index (χ0) is 14.0. The van der Waals surface area contributed by atoms with Gasteiger partial charge in [0, 0.05) is 6.42 Å². The third-order valence-corrected chi connectivity index (χ3v) is 4.36. The van der Waals surface area contributed by atoms with Crippen LogP contribution in [0.4, 0.5) is 0 Å². The summed E-state index contributed by atoms with van der Waals surface area (Å²) in [5.41, 5.74) is 0.876. The van der Waals surface area contributed by atoms with Crippen LogP contribution in [0.5, 0.6) is 11.5 Å². The van der Waals surface area contributed by atoms with E-state index in [1.807, 2.05) is 32.0 Å². The van der Waals surface area contributed by atoms with Gasteiger partial charge >= 0.3 is 0 Å². The van der Waals surface area contributed by atoms with Gasteiger partial charge in [-0.3, -0.25) is 4.79 Å². The molecule has 3 heteroatoms. The zero-order valence-electron chi connectivity index (χ0n) is 12.2. The van der Waals surface area contributed by atoms with Crippen molar-refractivity contribution in [1.82, 2.24) is 0 Å². The van der Waals surface area contributed by atoms with E-state index < -0.39 is 0 Å². The van der Waals surface area contributed by atoms with Gasteiger partial charge in [-0.2, -0.15) is 0 Å². The molecule has 0 N–H and O–H groups in total. The monoisotopic (exact) mass is 262 g/mol. The van der Waals surface area contributed by atoms with E-state index in [2.05, 4.69) is 6.92 Å².